The van der Waals surface area contributed by atoms with Crippen LogP contribution in [0.2, 0.25) is 0 Å². The van der Waals surface area contributed by atoms with Gasteiger partial charge in [0.1, 0.15) is 6.54 Å². The van der Waals surface area contributed by atoms with Gasteiger partial charge in [-0.05, 0) is 25.5 Å². The second-order valence-corrected chi connectivity index (χ2v) is 7.17. The Balaban J connectivity index is 1.50. The van der Waals surface area contributed by atoms with E-state index < -0.39 is 0 Å². The lowest BCUT2D eigenvalue weighted by Gasteiger charge is -2.32. The Hall–Kier alpha value is -2.12. The minimum atomic E-state index is -0.0973. The number of rotatable bonds is 4. The van der Waals surface area contributed by atoms with Crippen molar-refractivity contribution in [3.8, 4) is 0 Å². The fourth-order valence-corrected chi connectivity index (χ4v) is 4.28. The third-order valence-corrected chi connectivity index (χ3v) is 5.72. The fraction of sp³-hybridized carbons (Fsp3) is 0.579. The molecule has 7 heteroatoms. The normalized spacial score (nSPS) is 21.6. The van der Waals surface area contributed by atoms with E-state index >= 15 is 0 Å². The van der Waals surface area contributed by atoms with Crippen LogP contribution in [0.15, 0.2) is 29.1 Å². The first-order valence-corrected chi connectivity index (χ1v) is 9.59. The molecule has 7 nitrogen and oxygen atoms in total. The average molecular weight is 357 g/mol. The highest BCUT2D eigenvalue weighted by Crippen LogP contribution is 2.18. The molecule has 1 aromatic heterocycles. The maximum absolute atomic E-state index is 12.9. The van der Waals surface area contributed by atoms with Crippen LogP contribution in [-0.2, 0) is 17.9 Å². The molecular weight excluding hydrogens is 330 g/mol. The van der Waals surface area contributed by atoms with E-state index in [9.17, 15) is 9.59 Å². The molecule has 4 rings (SSSR count). The van der Waals surface area contributed by atoms with Gasteiger partial charge in [0.2, 0.25) is 5.91 Å². The van der Waals surface area contributed by atoms with Crippen LogP contribution in [0, 0.1) is 0 Å². The summed E-state index contributed by atoms with van der Waals surface area (Å²) in [5.41, 5.74) is 1.64. The molecule has 1 aromatic carbocycles. The van der Waals surface area contributed by atoms with E-state index in [4.69, 9.17) is 0 Å². The lowest BCUT2D eigenvalue weighted by molar-refractivity contribution is -0.131. The van der Waals surface area contributed by atoms with Gasteiger partial charge in [0.05, 0.1) is 11.0 Å². The molecule has 2 fully saturated rings. The number of hydrogen-bond donors (Lipinski definition) is 1. The average Bonchev–Trinajstić information content (AvgIpc) is 3.27. The summed E-state index contributed by atoms with van der Waals surface area (Å²) in [5, 5.41) is 3.37. The number of amides is 1. The second kappa shape index (κ2) is 7.25. The Morgan fingerprint density at radius 3 is 2.50 bits per heavy atom. The van der Waals surface area contributed by atoms with Crippen LogP contribution in [0.25, 0.3) is 11.0 Å². The smallest absolute Gasteiger partial charge is 0.329 e. The molecule has 2 aliphatic heterocycles. The Bertz CT molecular complexity index is 849. The van der Waals surface area contributed by atoms with Crippen LogP contribution in [-0.4, -0.2) is 70.2 Å². The summed E-state index contributed by atoms with van der Waals surface area (Å²) in [6.45, 7) is 8.40. The summed E-state index contributed by atoms with van der Waals surface area (Å²) in [6, 6.07) is 8.16. The van der Waals surface area contributed by atoms with Crippen molar-refractivity contribution in [1.82, 2.24) is 24.3 Å². The Morgan fingerprint density at radius 2 is 1.81 bits per heavy atom. The van der Waals surface area contributed by atoms with Crippen LogP contribution in [0.5, 0.6) is 0 Å². The van der Waals surface area contributed by atoms with Gasteiger partial charge in [0, 0.05) is 51.9 Å². The first-order valence-electron chi connectivity index (χ1n) is 9.59. The summed E-state index contributed by atoms with van der Waals surface area (Å²) < 4.78 is 3.36. The number of imidazole rings is 1. The minimum absolute atomic E-state index is 0.0451. The highest BCUT2D eigenvalue weighted by atomic mass is 16.2. The zero-order valence-electron chi connectivity index (χ0n) is 15.4. The molecule has 0 bridgehead atoms. The zero-order chi connectivity index (χ0) is 18.1. The molecule has 2 aliphatic rings. The van der Waals surface area contributed by atoms with Crippen molar-refractivity contribution >= 4 is 16.9 Å². The number of aromatic nitrogens is 2. The van der Waals surface area contributed by atoms with Crippen LogP contribution < -0.4 is 11.0 Å². The highest BCUT2D eigenvalue weighted by Gasteiger charge is 2.31. The standard InChI is InChI=1S/C19H27N5O2/c1-2-23-16-5-3-4-6-17(16)24(19(23)26)14-18(25)22-10-7-15(13-22)21-11-8-20-9-12-21/h3-6,15,20H,2,7-14H2,1H3. The number of benzene rings is 1. The van der Waals surface area contributed by atoms with Crippen molar-refractivity contribution in [3.63, 3.8) is 0 Å². The summed E-state index contributed by atoms with van der Waals surface area (Å²) in [5.74, 6) is 0.0451. The van der Waals surface area contributed by atoms with Crippen molar-refractivity contribution in [2.45, 2.75) is 32.5 Å². The Morgan fingerprint density at radius 1 is 1.12 bits per heavy atom. The molecule has 0 radical (unpaired) electrons. The Labute approximate surface area is 153 Å². The molecule has 0 aliphatic carbocycles. The molecule has 0 spiro atoms. The van der Waals surface area contributed by atoms with E-state index in [0.717, 1.165) is 56.7 Å². The van der Waals surface area contributed by atoms with Gasteiger partial charge in [-0.15, -0.1) is 0 Å². The van der Waals surface area contributed by atoms with Crippen molar-refractivity contribution in [2.75, 3.05) is 39.3 Å². The largest absolute Gasteiger partial charge is 0.340 e. The lowest BCUT2D eigenvalue weighted by Crippen LogP contribution is -2.49. The highest BCUT2D eigenvalue weighted by molar-refractivity contribution is 5.81. The molecule has 1 atom stereocenters. The lowest BCUT2D eigenvalue weighted by atomic mass is 10.2. The van der Waals surface area contributed by atoms with Crippen LogP contribution in [0.1, 0.15) is 13.3 Å². The van der Waals surface area contributed by atoms with Gasteiger partial charge in [0.25, 0.3) is 0 Å². The number of aryl methyl sites for hydroxylation is 1. The monoisotopic (exact) mass is 357 g/mol. The summed E-state index contributed by atoms with van der Waals surface area (Å²) in [4.78, 5) is 30.0. The van der Waals surface area contributed by atoms with E-state index in [0.29, 0.717) is 12.6 Å². The number of nitrogens with one attached hydrogen (secondary N) is 1. The van der Waals surface area contributed by atoms with Gasteiger partial charge in [-0.2, -0.15) is 0 Å². The number of fused-ring (bicyclic) bond motifs is 1. The molecule has 26 heavy (non-hydrogen) atoms. The maximum atomic E-state index is 12.9. The summed E-state index contributed by atoms with van der Waals surface area (Å²) in [7, 11) is 0. The first kappa shape index (κ1) is 17.3. The third kappa shape index (κ3) is 3.05. The molecule has 1 unspecified atom stereocenters. The molecule has 1 N–H and O–H groups in total. The summed E-state index contributed by atoms with van der Waals surface area (Å²) in [6.07, 6.45) is 1.03. The molecule has 3 heterocycles. The molecule has 0 saturated carbocycles. The van der Waals surface area contributed by atoms with E-state index in [1.807, 2.05) is 36.1 Å². The van der Waals surface area contributed by atoms with E-state index in [2.05, 4.69) is 10.2 Å². The third-order valence-electron chi connectivity index (χ3n) is 5.72. The minimum Gasteiger partial charge on any atom is -0.340 e. The molecule has 2 aromatic rings. The quantitative estimate of drug-likeness (QED) is 0.857. The van der Waals surface area contributed by atoms with Gasteiger partial charge in [-0.3, -0.25) is 18.8 Å². The van der Waals surface area contributed by atoms with E-state index in [1.165, 1.54) is 0 Å². The molecule has 1 amide bonds. The van der Waals surface area contributed by atoms with Crippen molar-refractivity contribution < 1.29 is 4.79 Å². The SMILES string of the molecule is CCn1c(=O)n(CC(=O)N2CCC(N3CCNCC3)C2)c2ccccc21. The topological polar surface area (TPSA) is 62.5 Å². The van der Waals surface area contributed by atoms with Gasteiger partial charge < -0.3 is 10.2 Å². The molecule has 2 saturated heterocycles. The van der Waals surface area contributed by atoms with Gasteiger partial charge in [-0.25, -0.2) is 4.79 Å². The van der Waals surface area contributed by atoms with Gasteiger partial charge in [-0.1, -0.05) is 12.1 Å². The number of nitrogens with zero attached hydrogens (tertiary/aromatic N) is 4. The van der Waals surface area contributed by atoms with Crippen molar-refractivity contribution in [2.24, 2.45) is 0 Å². The fourth-order valence-electron chi connectivity index (χ4n) is 4.28. The van der Waals surface area contributed by atoms with E-state index in [1.54, 1.807) is 9.13 Å². The second-order valence-electron chi connectivity index (χ2n) is 7.17. The van der Waals surface area contributed by atoms with Crippen molar-refractivity contribution in [3.05, 3.63) is 34.7 Å². The predicted octanol–water partition coefficient (Wildman–Crippen LogP) is 0.329. The number of piperazine rings is 1. The number of para-hydroxylation sites is 2. The van der Waals surface area contributed by atoms with Crippen LogP contribution in [0.3, 0.4) is 0 Å². The molecule has 140 valence electrons. The first-order chi connectivity index (χ1) is 12.7. The van der Waals surface area contributed by atoms with Gasteiger partial charge >= 0.3 is 5.69 Å². The number of carbonyl (C=O) groups is 1. The van der Waals surface area contributed by atoms with Crippen LogP contribution >= 0.6 is 0 Å². The van der Waals surface area contributed by atoms with E-state index in [-0.39, 0.29) is 18.1 Å². The molecular formula is C19H27N5O2. The number of carbonyl (C=O) groups excluding carboxylic acids is 1. The van der Waals surface area contributed by atoms with Crippen molar-refractivity contribution in [1.29, 1.82) is 0 Å². The summed E-state index contributed by atoms with van der Waals surface area (Å²) >= 11 is 0. The van der Waals surface area contributed by atoms with Crippen LogP contribution in [0.4, 0.5) is 0 Å². The number of likely N-dealkylation sites (tertiary alicyclic amines) is 1. The van der Waals surface area contributed by atoms with Gasteiger partial charge in [0.15, 0.2) is 0 Å². The predicted molar refractivity (Wildman–Crippen MR) is 101 cm³/mol. The maximum Gasteiger partial charge on any atom is 0.329 e. The zero-order valence-corrected chi connectivity index (χ0v) is 15.4. The number of hydrogen-bond acceptors (Lipinski definition) is 4. The Kier molecular flexibility index (Phi) is 4.82.